The van der Waals surface area contributed by atoms with Crippen molar-refractivity contribution in [3.63, 3.8) is 0 Å². The molecule has 2 aromatic carbocycles. The van der Waals surface area contributed by atoms with E-state index in [1.54, 1.807) is 12.1 Å². The summed E-state index contributed by atoms with van der Waals surface area (Å²) in [5.41, 5.74) is 1.43. The fourth-order valence-electron chi connectivity index (χ4n) is 2.62. The molecule has 1 N–H and O–H groups in total. The van der Waals surface area contributed by atoms with Crippen LogP contribution >= 0.6 is 0 Å². The summed E-state index contributed by atoms with van der Waals surface area (Å²) in [6.07, 6.45) is 0. The Kier molecular flexibility index (Phi) is 6.87. The molecule has 0 fully saturated rings. The largest absolute Gasteiger partial charge is 0.452 e. The molecular formula is C20H22F2N2O3. The van der Waals surface area contributed by atoms with Crippen LogP contribution in [0.15, 0.2) is 42.5 Å². The van der Waals surface area contributed by atoms with Crippen molar-refractivity contribution < 1.29 is 23.1 Å². The van der Waals surface area contributed by atoms with Crippen molar-refractivity contribution in [1.29, 1.82) is 0 Å². The predicted octanol–water partition coefficient (Wildman–Crippen LogP) is 4.00. The van der Waals surface area contributed by atoms with Crippen LogP contribution in [-0.4, -0.2) is 31.1 Å². The zero-order chi connectivity index (χ0) is 20.0. The van der Waals surface area contributed by atoms with Gasteiger partial charge in [-0.2, -0.15) is 0 Å². The van der Waals surface area contributed by atoms with Gasteiger partial charge in [-0.05, 0) is 63.2 Å². The summed E-state index contributed by atoms with van der Waals surface area (Å²) in [6.45, 7) is 6.59. The summed E-state index contributed by atoms with van der Waals surface area (Å²) < 4.78 is 30.8. The quantitative estimate of drug-likeness (QED) is 0.742. The van der Waals surface area contributed by atoms with Crippen LogP contribution in [0.1, 0.15) is 31.1 Å². The Hall–Kier alpha value is -2.96. The molecule has 2 aromatic rings. The van der Waals surface area contributed by atoms with E-state index in [1.807, 2.05) is 12.1 Å². The molecule has 0 aliphatic heterocycles. The molecule has 0 aliphatic rings. The lowest BCUT2D eigenvalue weighted by Crippen LogP contribution is -2.30. The number of nitrogens with one attached hydrogen (secondary N) is 1. The highest BCUT2D eigenvalue weighted by Crippen LogP contribution is 2.20. The third-order valence-corrected chi connectivity index (χ3v) is 3.94. The lowest BCUT2D eigenvalue weighted by atomic mass is 10.2. The summed E-state index contributed by atoms with van der Waals surface area (Å²) in [4.78, 5) is 25.9. The van der Waals surface area contributed by atoms with Gasteiger partial charge in [0.25, 0.3) is 5.91 Å². The molecule has 0 saturated carbocycles. The van der Waals surface area contributed by atoms with E-state index in [0.29, 0.717) is 11.7 Å². The second kappa shape index (κ2) is 9.12. The van der Waals surface area contributed by atoms with Crippen LogP contribution in [0.25, 0.3) is 0 Å². The number of ether oxygens (including phenoxy) is 1. The van der Waals surface area contributed by atoms with E-state index in [4.69, 9.17) is 4.74 Å². The van der Waals surface area contributed by atoms with Crippen molar-refractivity contribution in [2.75, 3.05) is 23.4 Å². The summed E-state index contributed by atoms with van der Waals surface area (Å²) in [7, 11) is 0. The molecule has 0 spiro atoms. The standard InChI is InChI=1S/C20H22F2N2O3/c1-4-24(13(2)3)16-8-6-15(7-9-16)23-19(25)12-27-20(26)14-5-10-17(21)18(22)11-14/h5-11,13H,4,12H2,1-3H3,(H,23,25). The molecule has 144 valence electrons. The number of amides is 1. The molecule has 0 bridgehead atoms. The number of nitrogens with zero attached hydrogens (tertiary/aromatic N) is 1. The van der Waals surface area contributed by atoms with Crippen LogP contribution in [0.2, 0.25) is 0 Å². The fraction of sp³-hybridized carbons (Fsp3) is 0.300. The maximum absolute atomic E-state index is 13.1. The lowest BCUT2D eigenvalue weighted by molar-refractivity contribution is -0.119. The Morgan fingerprint density at radius 2 is 1.74 bits per heavy atom. The number of benzene rings is 2. The highest BCUT2D eigenvalue weighted by Gasteiger charge is 2.13. The van der Waals surface area contributed by atoms with Crippen molar-refractivity contribution in [1.82, 2.24) is 0 Å². The molecule has 0 heterocycles. The molecule has 0 aromatic heterocycles. The minimum absolute atomic E-state index is 0.167. The molecule has 1 amide bonds. The molecule has 2 rings (SSSR count). The van der Waals surface area contributed by atoms with Crippen molar-refractivity contribution in [3.8, 4) is 0 Å². The third kappa shape index (κ3) is 5.51. The van der Waals surface area contributed by atoms with E-state index in [9.17, 15) is 18.4 Å². The van der Waals surface area contributed by atoms with Crippen LogP contribution in [0, 0.1) is 11.6 Å². The van der Waals surface area contributed by atoms with Gasteiger partial charge >= 0.3 is 5.97 Å². The summed E-state index contributed by atoms with van der Waals surface area (Å²) in [6, 6.07) is 10.3. The van der Waals surface area contributed by atoms with Crippen molar-refractivity contribution >= 4 is 23.3 Å². The molecule has 27 heavy (non-hydrogen) atoms. The Labute approximate surface area is 156 Å². The monoisotopic (exact) mass is 376 g/mol. The Balaban J connectivity index is 1.90. The zero-order valence-electron chi connectivity index (χ0n) is 15.5. The Morgan fingerprint density at radius 1 is 1.07 bits per heavy atom. The number of esters is 1. The van der Waals surface area contributed by atoms with E-state index < -0.39 is 30.1 Å². The van der Waals surface area contributed by atoms with Crippen LogP contribution in [-0.2, 0) is 9.53 Å². The van der Waals surface area contributed by atoms with Crippen molar-refractivity contribution in [3.05, 3.63) is 59.7 Å². The first-order chi connectivity index (χ1) is 12.8. The van der Waals surface area contributed by atoms with E-state index in [2.05, 4.69) is 31.0 Å². The van der Waals surface area contributed by atoms with Gasteiger partial charge in [0, 0.05) is 24.0 Å². The Bertz CT molecular complexity index is 807. The average Bonchev–Trinajstić information content (AvgIpc) is 2.63. The van der Waals surface area contributed by atoms with Gasteiger partial charge in [-0.25, -0.2) is 13.6 Å². The van der Waals surface area contributed by atoms with Crippen molar-refractivity contribution in [2.45, 2.75) is 26.8 Å². The van der Waals surface area contributed by atoms with Gasteiger partial charge in [0.15, 0.2) is 18.2 Å². The second-order valence-electron chi connectivity index (χ2n) is 6.18. The number of hydrogen-bond acceptors (Lipinski definition) is 4. The van der Waals surface area contributed by atoms with Gasteiger partial charge < -0.3 is 15.0 Å². The van der Waals surface area contributed by atoms with E-state index in [-0.39, 0.29) is 5.56 Å². The number of carbonyl (C=O) groups excluding carboxylic acids is 2. The second-order valence-corrected chi connectivity index (χ2v) is 6.18. The zero-order valence-corrected chi connectivity index (χ0v) is 15.5. The fourth-order valence-corrected chi connectivity index (χ4v) is 2.62. The van der Waals surface area contributed by atoms with Crippen molar-refractivity contribution in [2.24, 2.45) is 0 Å². The van der Waals surface area contributed by atoms with Gasteiger partial charge in [0.2, 0.25) is 0 Å². The Morgan fingerprint density at radius 3 is 2.30 bits per heavy atom. The van der Waals surface area contributed by atoms with Gasteiger partial charge in [0.1, 0.15) is 0 Å². The number of hydrogen-bond donors (Lipinski definition) is 1. The van der Waals surface area contributed by atoms with Crippen LogP contribution in [0.3, 0.4) is 0 Å². The molecular weight excluding hydrogens is 354 g/mol. The minimum Gasteiger partial charge on any atom is -0.452 e. The molecule has 0 unspecified atom stereocenters. The smallest absolute Gasteiger partial charge is 0.338 e. The number of carbonyl (C=O) groups is 2. The van der Waals surface area contributed by atoms with Crippen LogP contribution in [0.4, 0.5) is 20.2 Å². The topological polar surface area (TPSA) is 58.6 Å². The van der Waals surface area contributed by atoms with Gasteiger partial charge in [0.05, 0.1) is 5.56 Å². The van der Waals surface area contributed by atoms with Crippen LogP contribution < -0.4 is 10.2 Å². The summed E-state index contributed by atoms with van der Waals surface area (Å²) in [5, 5.41) is 2.61. The van der Waals surface area contributed by atoms with E-state index >= 15 is 0 Å². The SMILES string of the molecule is CCN(c1ccc(NC(=O)COC(=O)c2ccc(F)c(F)c2)cc1)C(C)C. The first-order valence-electron chi connectivity index (χ1n) is 8.60. The average molecular weight is 376 g/mol. The first-order valence-corrected chi connectivity index (χ1v) is 8.60. The summed E-state index contributed by atoms with van der Waals surface area (Å²) >= 11 is 0. The highest BCUT2D eigenvalue weighted by molar-refractivity contribution is 5.95. The first kappa shape index (κ1) is 20.4. The number of halogens is 2. The van der Waals surface area contributed by atoms with E-state index in [0.717, 1.165) is 30.4 Å². The maximum atomic E-state index is 13.1. The lowest BCUT2D eigenvalue weighted by Gasteiger charge is -2.27. The van der Waals surface area contributed by atoms with Gasteiger partial charge in [-0.15, -0.1) is 0 Å². The van der Waals surface area contributed by atoms with Gasteiger partial charge in [-0.3, -0.25) is 4.79 Å². The minimum atomic E-state index is -1.16. The van der Waals surface area contributed by atoms with Gasteiger partial charge in [-0.1, -0.05) is 0 Å². The molecule has 0 aliphatic carbocycles. The normalized spacial score (nSPS) is 10.6. The molecule has 0 radical (unpaired) electrons. The molecule has 5 nitrogen and oxygen atoms in total. The molecule has 0 saturated heterocycles. The van der Waals surface area contributed by atoms with Crippen LogP contribution in [0.5, 0.6) is 0 Å². The maximum Gasteiger partial charge on any atom is 0.338 e. The third-order valence-electron chi connectivity index (χ3n) is 3.94. The van der Waals surface area contributed by atoms with E-state index in [1.165, 1.54) is 0 Å². The number of rotatable bonds is 7. The molecule has 7 heteroatoms. The highest BCUT2D eigenvalue weighted by atomic mass is 19.2. The molecule has 0 atom stereocenters. The number of anilines is 2. The summed E-state index contributed by atoms with van der Waals surface area (Å²) in [5.74, 6) is -3.66. The predicted molar refractivity (Wildman–Crippen MR) is 99.9 cm³/mol.